The van der Waals surface area contributed by atoms with Gasteiger partial charge in [-0.15, -0.1) is 12.4 Å². The maximum atomic E-state index is 11.4. The van der Waals surface area contributed by atoms with Crippen LogP contribution in [0.2, 0.25) is 0 Å². The van der Waals surface area contributed by atoms with Gasteiger partial charge in [-0.2, -0.15) is 0 Å². The predicted octanol–water partition coefficient (Wildman–Crippen LogP) is 3.53. The topological polar surface area (TPSA) is 42.7 Å². The molecule has 1 aromatic carbocycles. The van der Waals surface area contributed by atoms with E-state index in [1.807, 2.05) is 25.1 Å². The summed E-state index contributed by atoms with van der Waals surface area (Å²) in [7, 11) is 2.24. The van der Waals surface area contributed by atoms with Gasteiger partial charge in [0.15, 0.2) is 0 Å². The van der Waals surface area contributed by atoms with Crippen molar-refractivity contribution in [3.63, 3.8) is 0 Å². The van der Waals surface area contributed by atoms with Crippen LogP contribution in [0.15, 0.2) is 33.5 Å². The summed E-state index contributed by atoms with van der Waals surface area (Å²) in [6.07, 6.45) is 5.09. The molecule has 2 atom stereocenters. The third-order valence-corrected chi connectivity index (χ3v) is 5.28. The van der Waals surface area contributed by atoms with Crippen molar-refractivity contribution in [3.8, 4) is 5.75 Å². The number of hydrogen-bond acceptors (Lipinski definition) is 4. The van der Waals surface area contributed by atoms with Crippen molar-refractivity contribution in [2.45, 2.75) is 50.8 Å². The van der Waals surface area contributed by atoms with Crippen molar-refractivity contribution >= 4 is 23.4 Å². The standard InChI is InChI=1S/C18H21NO3.ClH/c1-11-7-18(20)22-17-6-5-14(10-16(11)17)21-15-8-12-3-4-13(9-15)19(12)2;/h5-7,10,12-13,15H,3-4,8-9H2,1-2H3;1H. The first-order valence-corrected chi connectivity index (χ1v) is 8.03. The van der Waals surface area contributed by atoms with Crippen molar-refractivity contribution in [3.05, 3.63) is 40.2 Å². The lowest BCUT2D eigenvalue weighted by molar-refractivity contribution is 0.0662. The van der Waals surface area contributed by atoms with E-state index in [1.165, 1.54) is 18.9 Å². The molecule has 124 valence electrons. The fraction of sp³-hybridized carbons (Fsp3) is 0.500. The molecule has 2 fully saturated rings. The van der Waals surface area contributed by atoms with Crippen LogP contribution in [0.25, 0.3) is 11.0 Å². The molecule has 4 rings (SSSR count). The Kier molecular flexibility index (Phi) is 4.39. The fourth-order valence-corrected chi connectivity index (χ4v) is 4.02. The minimum Gasteiger partial charge on any atom is -0.490 e. The van der Waals surface area contributed by atoms with E-state index in [-0.39, 0.29) is 18.0 Å². The second-order valence-corrected chi connectivity index (χ2v) is 6.67. The van der Waals surface area contributed by atoms with E-state index in [0.717, 1.165) is 29.5 Å². The van der Waals surface area contributed by atoms with Crippen LogP contribution in [0.4, 0.5) is 0 Å². The molecule has 4 nitrogen and oxygen atoms in total. The molecule has 0 amide bonds. The molecule has 2 saturated heterocycles. The summed E-state index contributed by atoms with van der Waals surface area (Å²) in [4.78, 5) is 13.9. The number of hydrogen-bond donors (Lipinski definition) is 0. The number of nitrogens with zero attached hydrogens (tertiary/aromatic N) is 1. The third kappa shape index (κ3) is 2.98. The predicted molar refractivity (Wildman–Crippen MR) is 92.7 cm³/mol. The van der Waals surface area contributed by atoms with Gasteiger partial charge in [0.05, 0.1) is 0 Å². The highest BCUT2D eigenvalue weighted by atomic mass is 35.5. The summed E-state index contributed by atoms with van der Waals surface area (Å²) in [6.45, 7) is 1.93. The molecule has 0 aliphatic carbocycles. The maximum Gasteiger partial charge on any atom is 0.336 e. The van der Waals surface area contributed by atoms with Crippen molar-refractivity contribution < 1.29 is 9.15 Å². The summed E-state index contributed by atoms with van der Waals surface area (Å²) < 4.78 is 11.5. The van der Waals surface area contributed by atoms with Gasteiger partial charge in [-0.3, -0.25) is 0 Å². The van der Waals surface area contributed by atoms with E-state index in [4.69, 9.17) is 9.15 Å². The lowest BCUT2D eigenvalue weighted by Gasteiger charge is -2.36. The van der Waals surface area contributed by atoms with Gasteiger partial charge in [0.1, 0.15) is 17.4 Å². The molecule has 3 heterocycles. The molecule has 0 N–H and O–H groups in total. The largest absolute Gasteiger partial charge is 0.490 e. The van der Waals surface area contributed by atoms with E-state index in [0.29, 0.717) is 23.8 Å². The number of rotatable bonds is 2. The second kappa shape index (κ2) is 6.17. The molecular weight excluding hydrogens is 314 g/mol. The zero-order valence-electron chi connectivity index (χ0n) is 13.5. The normalized spacial score (nSPS) is 27.0. The van der Waals surface area contributed by atoms with E-state index >= 15 is 0 Å². The van der Waals surface area contributed by atoms with Crippen LogP contribution < -0.4 is 10.4 Å². The van der Waals surface area contributed by atoms with Crippen LogP contribution in [-0.4, -0.2) is 30.1 Å². The number of benzene rings is 1. The molecule has 23 heavy (non-hydrogen) atoms. The number of fused-ring (bicyclic) bond motifs is 3. The highest BCUT2D eigenvalue weighted by Gasteiger charge is 2.39. The highest BCUT2D eigenvalue weighted by Crippen LogP contribution is 2.36. The van der Waals surface area contributed by atoms with Crippen LogP contribution in [0.3, 0.4) is 0 Å². The van der Waals surface area contributed by atoms with Crippen molar-refractivity contribution in [1.82, 2.24) is 4.90 Å². The second-order valence-electron chi connectivity index (χ2n) is 6.67. The lowest BCUT2D eigenvalue weighted by Crippen LogP contribution is -2.43. The Bertz CT molecular complexity index is 758. The fourth-order valence-electron chi connectivity index (χ4n) is 4.02. The zero-order chi connectivity index (χ0) is 15.3. The van der Waals surface area contributed by atoms with E-state index in [1.54, 1.807) is 0 Å². The van der Waals surface area contributed by atoms with Crippen LogP contribution in [0.1, 0.15) is 31.2 Å². The molecule has 2 unspecified atom stereocenters. The molecule has 2 aliphatic rings. The molecule has 2 aliphatic heterocycles. The molecular formula is C18H22ClNO3. The number of halogens is 1. The summed E-state index contributed by atoms with van der Waals surface area (Å²) in [5.74, 6) is 0.874. The van der Waals surface area contributed by atoms with E-state index < -0.39 is 0 Å². The van der Waals surface area contributed by atoms with Crippen molar-refractivity contribution in [2.24, 2.45) is 0 Å². The molecule has 0 saturated carbocycles. The minimum absolute atomic E-state index is 0. The monoisotopic (exact) mass is 335 g/mol. The first-order valence-electron chi connectivity index (χ1n) is 8.03. The molecule has 0 radical (unpaired) electrons. The first-order chi connectivity index (χ1) is 10.6. The molecule has 0 spiro atoms. The van der Waals surface area contributed by atoms with E-state index in [9.17, 15) is 4.79 Å². The Morgan fingerprint density at radius 3 is 2.57 bits per heavy atom. The molecule has 1 aromatic heterocycles. The van der Waals surface area contributed by atoms with Gasteiger partial charge in [-0.25, -0.2) is 4.79 Å². The smallest absolute Gasteiger partial charge is 0.336 e. The Balaban J connectivity index is 0.00000156. The molecule has 2 bridgehead atoms. The number of ether oxygens (including phenoxy) is 1. The lowest BCUT2D eigenvalue weighted by atomic mass is 10.0. The Morgan fingerprint density at radius 1 is 1.17 bits per heavy atom. The third-order valence-electron chi connectivity index (χ3n) is 5.28. The van der Waals surface area contributed by atoms with Crippen molar-refractivity contribution in [2.75, 3.05) is 7.05 Å². The van der Waals surface area contributed by atoms with E-state index in [2.05, 4.69) is 11.9 Å². The van der Waals surface area contributed by atoms with Crippen molar-refractivity contribution in [1.29, 1.82) is 0 Å². The van der Waals surface area contributed by atoms with Crippen LogP contribution in [0.5, 0.6) is 5.75 Å². The minimum atomic E-state index is -0.300. The average molecular weight is 336 g/mol. The summed E-state index contributed by atoms with van der Waals surface area (Å²) >= 11 is 0. The van der Waals surface area contributed by atoms with Crippen LogP contribution in [0, 0.1) is 6.92 Å². The summed E-state index contributed by atoms with van der Waals surface area (Å²) in [6, 6.07) is 8.61. The average Bonchev–Trinajstić information content (AvgIpc) is 2.71. The first kappa shape index (κ1) is 16.3. The van der Waals surface area contributed by atoms with Gasteiger partial charge < -0.3 is 14.1 Å². The van der Waals surface area contributed by atoms with Gasteiger partial charge in [0.25, 0.3) is 0 Å². The van der Waals surface area contributed by atoms with Gasteiger partial charge in [-0.05, 0) is 63.4 Å². The Hall–Kier alpha value is -1.52. The summed E-state index contributed by atoms with van der Waals surface area (Å²) in [5, 5.41) is 0.952. The van der Waals surface area contributed by atoms with Crippen LogP contribution >= 0.6 is 12.4 Å². The summed E-state index contributed by atoms with van der Waals surface area (Å²) in [5.41, 5.74) is 1.26. The number of aryl methyl sites for hydroxylation is 1. The van der Waals surface area contributed by atoms with Gasteiger partial charge in [0.2, 0.25) is 0 Å². The maximum absolute atomic E-state index is 11.4. The van der Waals surface area contributed by atoms with Crippen LogP contribution in [-0.2, 0) is 0 Å². The molecule has 2 aromatic rings. The Morgan fingerprint density at radius 2 is 1.87 bits per heavy atom. The molecule has 5 heteroatoms. The van der Waals surface area contributed by atoms with Gasteiger partial charge in [-0.1, -0.05) is 0 Å². The quantitative estimate of drug-likeness (QED) is 0.787. The van der Waals surface area contributed by atoms with Gasteiger partial charge >= 0.3 is 5.63 Å². The number of piperidine rings is 1. The highest BCUT2D eigenvalue weighted by molar-refractivity contribution is 5.85. The Labute approximate surface area is 141 Å². The van der Waals surface area contributed by atoms with Gasteiger partial charge in [0, 0.05) is 23.5 Å². The zero-order valence-corrected chi connectivity index (χ0v) is 14.3. The SMILES string of the molecule is Cc1cc(=O)oc2ccc(OC3CC4CCC(C3)N4C)cc12.Cl.